The van der Waals surface area contributed by atoms with Crippen molar-refractivity contribution in [1.82, 2.24) is 0 Å². The summed E-state index contributed by atoms with van der Waals surface area (Å²) < 4.78 is 10.5. The lowest BCUT2D eigenvalue weighted by Crippen LogP contribution is -2.22. The van der Waals surface area contributed by atoms with E-state index in [2.05, 4.69) is 6.92 Å². The average molecular weight is 214 g/mol. The Balaban J connectivity index is 2.14. The Kier molecular flexibility index (Phi) is 5.69. The molecular weight excluding hydrogens is 192 g/mol. The average Bonchev–Trinajstić information content (AvgIpc) is 2.70. The molecule has 1 saturated heterocycles. The molecule has 0 saturated carbocycles. The molecule has 2 atom stereocenters. The zero-order valence-corrected chi connectivity index (χ0v) is 9.83. The lowest BCUT2D eigenvalue weighted by Gasteiger charge is -2.15. The summed E-state index contributed by atoms with van der Waals surface area (Å²) in [5, 5.41) is 0. The molecule has 0 amide bonds. The van der Waals surface area contributed by atoms with E-state index >= 15 is 0 Å². The molecule has 1 heterocycles. The van der Waals surface area contributed by atoms with Crippen LogP contribution in [0.4, 0.5) is 0 Å². The Bertz CT molecular complexity index is 185. The molecule has 3 heteroatoms. The van der Waals surface area contributed by atoms with Crippen LogP contribution in [-0.2, 0) is 14.3 Å². The minimum atomic E-state index is -0.272. The van der Waals surface area contributed by atoms with Crippen molar-refractivity contribution in [3.63, 3.8) is 0 Å². The predicted molar refractivity (Wildman–Crippen MR) is 58.4 cm³/mol. The van der Waals surface area contributed by atoms with E-state index in [4.69, 9.17) is 9.47 Å². The number of carbonyl (C=O) groups is 1. The molecule has 3 nitrogen and oxygen atoms in total. The van der Waals surface area contributed by atoms with Crippen LogP contribution in [0.15, 0.2) is 0 Å². The van der Waals surface area contributed by atoms with Crippen molar-refractivity contribution in [1.29, 1.82) is 0 Å². The first kappa shape index (κ1) is 12.5. The SMILES string of the molecule is CCCCCC(C)C(=O)OC1CCCO1. The normalized spacial score (nSPS) is 22.7. The molecule has 0 bridgehead atoms. The van der Waals surface area contributed by atoms with E-state index in [9.17, 15) is 4.79 Å². The fraction of sp³-hybridized carbons (Fsp3) is 0.917. The smallest absolute Gasteiger partial charge is 0.310 e. The van der Waals surface area contributed by atoms with Crippen LogP contribution in [0.2, 0.25) is 0 Å². The molecule has 0 aromatic heterocycles. The van der Waals surface area contributed by atoms with Crippen molar-refractivity contribution in [2.75, 3.05) is 6.61 Å². The Morgan fingerprint density at radius 3 is 2.93 bits per heavy atom. The quantitative estimate of drug-likeness (QED) is 0.504. The standard InChI is InChI=1S/C12H22O3/c1-3-4-5-7-10(2)12(13)15-11-8-6-9-14-11/h10-11H,3-9H2,1-2H3. The Morgan fingerprint density at radius 1 is 1.53 bits per heavy atom. The molecule has 0 aromatic carbocycles. The zero-order chi connectivity index (χ0) is 11.1. The molecule has 0 aliphatic carbocycles. The van der Waals surface area contributed by atoms with Crippen LogP contribution in [0, 0.1) is 5.92 Å². The number of rotatable bonds is 6. The molecule has 0 radical (unpaired) electrons. The van der Waals surface area contributed by atoms with E-state index < -0.39 is 0 Å². The van der Waals surface area contributed by atoms with Gasteiger partial charge in [-0.1, -0.05) is 33.1 Å². The fourth-order valence-electron chi connectivity index (χ4n) is 1.71. The van der Waals surface area contributed by atoms with Crippen LogP contribution < -0.4 is 0 Å². The summed E-state index contributed by atoms with van der Waals surface area (Å²) in [7, 11) is 0. The van der Waals surface area contributed by atoms with Gasteiger partial charge >= 0.3 is 5.97 Å². The number of esters is 1. The van der Waals surface area contributed by atoms with Gasteiger partial charge in [-0.25, -0.2) is 0 Å². The van der Waals surface area contributed by atoms with E-state index in [0.717, 1.165) is 32.3 Å². The number of unbranched alkanes of at least 4 members (excludes halogenated alkanes) is 2. The van der Waals surface area contributed by atoms with Crippen LogP contribution in [0.5, 0.6) is 0 Å². The zero-order valence-electron chi connectivity index (χ0n) is 9.83. The van der Waals surface area contributed by atoms with Gasteiger partial charge in [0.05, 0.1) is 12.5 Å². The first-order chi connectivity index (χ1) is 7.24. The van der Waals surface area contributed by atoms with Crippen molar-refractivity contribution in [2.24, 2.45) is 5.92 Å². The van der Waals surface area contributed by atoms with Gasteiger partial charge in [0.2, 0.25) is 6.29 Å². The number of carbonyl (C=O) groups excluding carboxylic acids is 1. The van der Waals surface area contributed by atoms with Gasteiger partial charge in [0, 0.05) is 6.42 Å². The first-order valence-corrected chi connectivity index (χ1v) is 6.06. The lowest BCUT2D eigenvalue weighted by atomic mass is 10.0. The molecule has 15 heavy (non-hydrogen) atoms. The van der Waals surface area contributed by atoms with Crippen LogP contribution in [-0.4, -0.2) is 18.9 Å². The lowest BCUT2D eigenvalue weighted by molar-refractivity contribution is -0.174. The molecule has 1 fully saturated rings. The topological polar surface area (TPSA) is 35.5 Å². The maximum absolute atomic E-state index is 11.6. The summed E-state index contributed by atoms with van der Waals surface area (Å²) in [5.41, 5.74) is 0. The van der Waals surface area contributed by atoms with Gasteiger partial charge in [-0.2, -0.15) is 0 Å². The van der Waals surface area contributed by atoms with Crippen molar-refractivity contribution in [2.45, 2.75) is 58.7 Å². The van der Waals surface area contributed by atoms with Crippen molar-refractivity contribution < 1.29 is 14.3 Å². The second-order valence-corrected chi connectivity index (χ2v) is 4.28. The van der Waals surface area contributed by atoms with Gasteiger partial charge in [0.25, 0.3) is 0 Å². The monoisotopic (exact) mass is 214 g/mol. The van der Waals surface area contributed by atoms with Gasteiger partial charge in [-0.3, -0.25) is 4.79 Å². The third-order valence-corrected chi connectivity index (χ3v) is 2.78. The summed E-state index contributed by atoms with van der Waals surface area (Å²) >= 11 is 0. The molecule has 2 unspecified atom stereocenters. The largest absolute Gasteiger partial charge is 0.436 e. The third kappa shape index (κ3) is 4.65. The Morgan fingerprint density at radius 2 is 2.33 bits per heavy atom. The molecule has 0 aromatic rings. The molecular formula is C12H22O3. The molecule has 1 aliphatic rings. The van der Waals surface area contributed by atoms with Crippen LogP contribution >= 0.6 is 0 Å². The number of hydrogen-bond donors (Lipinski definition) is 0. The Labute approximate surface area is 92.1 Å². The maximum atomic E-state index is 11.6. The molecule has 88 valence electrons. The van der Waals surface area contributed by atoms with E-state index in [0.29, 0.717) is 0 Å². The maximum Gasteiger partial charge on any atom is 0.310 e. The summed E-state index contributed by atoms with van der Waals surface area (Å²) in [6.07, 6.45) is 6.00. The Hall–Kier alpha value is -0.570. The van der Waals surface area contributed by atoms with Gasteiger partial charge in [0.1, 0.15) is 0 Å². The third-order valence-electron chi connectivity index (χ3n) is 2.78. The van der Waals surface area contributed by atoms with Crippen LogP contribution in [0.25, 0.3) is 0 Å². The predicted octanol–water partition coefficient (Wildman–Crippen LogP) is 2.88. The highest BCUT2D eigenvalue weighted by molar-refractivity contribution is 5.72. The summed E-state index contributed by atoms with van der Waals surface area (Å²) in [6.45, 7) is 4.82. The van der Waals surface area contributed by atoms with Crippen molar-refractivity contribution in [3.05, 3.63) is 0 Å². The highest BCUT2D eigenvalue weighted by atomic mass is 16.7. The van der Waals surface area contributed by atoms with E-state index in [1.165, 1.54) is 12.8 Å². The number of hydrogen-bond acceptors (Lipinski definition) is 3. The second-order valence-electron chi connectivity index (χ2n) is 4.28. The molecule has 1 aliphatic heterocycles. The van der Waals surface area contributed by atoms with Gasteiger partial charge in [0.15, 0.2) is 0 Å². The summed E-state index contributed by atoms with van der Waals surface area (Å²) in [5.74, 6) is -0.0845. The highest BCUT2D eigenvalue weighted by Gasteiger charge is 2.22. The van der Waals surface area contributed by atoms with Crippen molar-refractivity contribution in [3.8, 4) is 0 Å². The van der Waals surface area contributed by atoms with E-state index in [1.807, 2.05) is 6.92 Å². The summed E-state index contributed by atoms with van der Waals surface area (Å²) in [6, 6.07) is 0. The molecule has 0 N–H and O–H groups in total. The van der Waals surface area contributed by atoms with Gasteiger partial charge in [-0.05, 0) is 12.8 Å². The van der Waals surface area contributed by atoms with Gasteiger partial charge < -0.3 is 9.47 Å². The minimum absolute atomic E-state index is 0.0146. The molecule has 0 spiro atoms. The van der Waals surface area contributed by atoms with Gasteiger partial charge in [-0.15, -0.1) is 0 Å². The highest BCUT2D eigenvalue weighted by Crippen LogP contribution is 2.17. The van der Waals surface area contributed by atoms with E-state index in [-0.39, 0.29) is 18.2 Å². The summed E-state index contributed by atoms with van der Waals surface area (Å²) in [4.78, 5) is 11.6. The minimum Gasteiger partial charge on any atom is -0.436 e. The second kappa shape index (κ2) is 6.83. The van der Waals surface area contributed by atoms with Crippen molar-refractivity contribution >= 4 is 5.97 Å². The first-order valence-electron chi connectivity index (χ1n) is 6.06. The fourth-order valence-corrected chi connectivity index (χ4v) is 1.71. The molecule has 1 rings (SSSR count). The van der Waals surface area contributed by atoms with Crippen LogP contribution in [0.1, 0.15) is 52.4 Å². The number of ether oxygens (including phenoxy) is 2. The van der Waals surface area contributed by atoms with Crippen LogP contribution in [0.3, 0.4) is 0 Å². The van der Waals surface area contributed by atoms with E-state index in [1.54, 1.807) is 0 Å².